The first-order chi connectivity index (χ1) is 6.15. The van der Waals surface area contributed by atoms with Crippen LogP contribution in [-0.4, -0.2) is 11.6 Å². The van der Waals surface area contributed by atoms with Crippen molar-refractivity contribution in [1.82, 2.24) is 0 Å². The van der Waals surface area contributed by atoms with Gasteiger partial charge in [-0.1, -0.05) is 12.2 Å². The summed E-state index contributed by atoms with van der Waals surface area (Å²) in [5.41, 5.74) is 0.194. The van der Waals surface area contributed by atoms with Crippen LogP contribution in [0.5, 0.6) is 0 Å². The van der Waals surface area contributed by atoms with Crippen molar-refractivity contribution < 1.29 is 8.78 Å². The molecule has 0 spiro atoms. The van der Waals surface area contributed by atoms with Gasteiger partial charge in [0.05, 0.1) is 10.2 Å². The molecule has 5 heteroatoms. The summed E-state index contributed by atoms with van der Waals surface area (Å²) in [6.45, 7) is 0. The predicted octanol–water partition coefficient (Wildman–Crippen LogP) is 3.43. The zero-order valence-electron chi connectivity index (χ0n) is 6.30. The third kappa shape index (κ3) is 2.63. The molecule has 1 rings (SSSR count). The Morgan fingerprint density at radius 3 is 2.31 bits per heavy atom. The molecule has 68 valence electrons. The van der Waals surface area contributed by atoms with Gasteiger partial charge < -0.3 is 0 Å². The number of rotatable bonds is 2. The van der Waals surface area contributed by atoms with Crippen LogP contribution in [0.3, 0.4) is 0 Å². The van der Waals surface area contributed by atoms with Gasteiger partial charge in [0.25, 0.3) is 0 Å². The van der Waals surface area contributed by atoms with Gasteiger partial charge in [0.15, 0.2) is 0 Å². The van der Waals surface area contributed by atoms with E-state index in [9.17, 15) is 8.78 Å². The van der Waals surface area contributed by atoms with E-state index in [0.717, 1.165) is 12.1 Å². The fourth-order valence-corrected chi connectivity index (χ4v) is 1.02. The van der Waals surface area contributed by atoms with E-state index in [2.05, 4.69) is 33.1 Å². The van der Waals surface area contributed by atoms with Crippen LogP contribution in [0.4, 0.5) is 14.5 Å². The maximum Gasteiger partial charge on any atom is 0.142 e. The predicted molar refractivity (Wildman–Crippen MR) is 55.9 cm³/mol. The number of halogens is 3. The smallest absolute Gasteiger partial charge is 0.142 e. The zero-order chi connectivity index (χ0) is 9.84. The van der Waals surface area contributed by atoms with Crippen LogP contribution in [-0.2, 0) is 0 Å². The molecule has 1 nitrogen and oxygen atoms in total. The lowest BCUT2D eigenvalue weighted by Crippen LogP contribution is -1.83. The fourth-order valence-electron chi connectivity index (χ4n) is 0.733. The average Bonchev–Trinajstić information content (AvgIpc) is 2.10. The molecule has 13 heavy (non-hydrogen) atoms. The van der Waals surface area contributed by atoms with E-state index in [1.54, 1.807) is 0 Å². The first-order valence-electron chi connectivity index (χ1n) is 3.27. The Balaban J connectivity index is 3.12. The summed E-state index contributed by atoms with van der Waals surface area (Å²) in [7, 11) is 0. The molecular weight excluding hydrogens is 260 g/mol. The number of nitrogens with zero attached hydrogens (tertiary/aromatic N) is 1. The SMILES string of the molecule is Fc1cc(N=CC=S)cc(F)c1Br. The van der Waals surface area contributed by atoms with Gasteiger partial charge in [-0.05, 0) is 15.9 Å². The molecule has 0 atom stereocenters. The van der Waals surface area contributed by atoms with Gasteiger partial charge in [-0.3, -0.25) is 4.99 Å². The molecule has 0 aliphatic rings. The summed E-state index contributed by atoms with van der Waals surface area (Å²) < 4.78 is 25.6. The Hall–Kier alpha value is -0.680. The summed E-state index contributed by atoms with van der Waals surface area (Å²) in [5.74, 6) is -1.37. The second-order valence-corrected chi connectivity index (χ2v) is 3.20. The molecule has 0 saturated carbocycles. The highest BCUT2D eigenvalue weighted by Crippen LogP contribution is 2.24. The van der Waals surface area contributed by atoms with Gasteiger partial charge in [-0.15, -0.1) is 0 Å². The van der Waals surface area contributed by atoms with Crippen molar-refractivity contribution in [1.29, 1.82) is 0 Å². The minimum Gasteiger partial charge on any atom is -0.256 e. The number of benzene rings is 1. The number of thiocarbonyl (C=S) groups is 1. The van der Waals surface area contributed by atoms with E-state index in [-0.39, 0.29) is 10.2 Å². The van der Waals surface area contributed by atoms with Gasteiger partial charge in [0, 0.05) is 23.7 Å². The Bertz CT molecular complexity index is 342. The van der Waals surface area contributed by atoms with E-state index >= 15 is 0 Å². The molecule has 0 unspecified atom stereocenters. The van der Waals surface area contributed by atoms with Crippen molar-refractivity contribution in [2.45, 2.75) is 0 Å². The van der Waals surface area contributed by atoms with Crippen LogP contribution < -0.4 is 0 Å². The molecule has 0 saturated heterocycles. The van der Waals surface area contributed by atoms with Crippen molar-refractivity contribution >= 4 is 45.4 Å². The second kappa shape index (κ2) is 4.53. The number of hydrogen-bond donors (Lipinski definition) is 0. The van der Waals surface area contributed by atoms with Crippen LogP contribution in [0.1, 0.15) is 0 Å². The molecule has 0 radical (unpaired) electrons. The third-order valence-electron chi connectivity index (χ3n) is 1.25. The Labute approximate surface area is 87.6 Å². The lowest BCUT2D eigenvalue weighted by Gasteiger charge is -1.97. The van der Waals surface area contributed by atoms with Crippen LogP contribution in [0.15, 0.2) is 21.6 Å². The maximum atomic E-state index is 12.9. The van der Waals surface area contributed by atoms with Gasteiger partial charge in [0.2, 0.25) is 0 Å². The third-order valence-corrected chi connectivity index (χ3v) is 2.13. The first-order valence-corrected chi connectivity index (χ1v) is 4.54. The zero-order valence-corrected chi connectivity index (χ0v) is 8.70. The molecule has 1 aromatic carbocycles. The van der Waals surface area contributed by atoms with Gasteiger partial charge in [-0.25, -0.2) is 8.78 Å². The van der Waals surface area contributed by atoms with Gasteiger partial charge in [-0.2, -0.15) is 0 Å². The molecule has 0 N–H and O–H groups in total. The molecule has 0 amide bonds. The van der Waals surface area contributed by atoms with E-state index in [0.29, 0.717) is 0 Å². The topological polar surface area (TPSA) is 12.4 Å². The molecule has 0 aliphatic carbocycles. The normalized spacial score (nSPS) is 10.7. The first kappa shape index (κ1) is 10.4. The van der Waals surface area contributed by atoms with Crippen molar-refractivity contribution in [2.75, 3.05) is 0 Å². The van der Waals surface area contributed by atoms with Crippen LogP contribution in [0.2, 0.25) is 0 Å². The van der Waals surface area contributed by atoms with Crippen molar-refractivity contribution in [3.8, 4) is 0 Å². The quantitative estimate of drug-likeness (QED) is 0.453. The maximum absolute atomic E-state index is 12.9. The minimum absolute atomic E-state index is 0.186. The van der Waals surface area contributed by atoms with Gasteiger partial charge >= 0.3 is 0 Å². The van der Waals surface area contributed by atoms with Crippen LogP contribution >= 0.6 is 28.1 Å². The standard InChI is InChI=1S/C8H4BrF2NS/c9-8-6(10)3-5(4-7(8)11)12-1-2-13/h1-4H. The fraction of sp³-hybridized carbons (Fsp3) is 0. The monoisotopic (exact) mass is 263 g/mol. The van der Waals surface area contributed by atoms with Gasteiger partial charge in [0.1, 0.15) is 11.6 Å². The average molecular weight is 264 g/mol. The Morgan fingerprint density at radius 1 is 1.31 bits per heavy atom. The largest absolute Gasteiger partial charge is 0.256 e. The Kier molecular flexibility index (Phi) is 3.62. The van der Waals surface area contributed by atoms with E-state index < -0.39 is 11.6 Å². The van der Waals surface area contributed by atoms with Crippen molar-refractivity contribution in [2.24, 2.45) is 4.99 Å². The number of hydrogen-bond acceptors (Lipinski definition) is 2. The lowest BCUT2D eigenvalue weighted by atomic mass is 10.3. The van der Waals surface area contributed by atoms with Crippen LogP contribution in [0, 0.1) is 11.6 Å². The van der Waals surface area contributed by atoms with E-state index in [1.165, 1.54) is 11.6 Å². The lowest BCUT2D eigenvalue weighted by molar-refractivity contribution is 0.572. The minimum atomic E-state index is -0.684. The van der Waals surface area contributed by atoms with E-state index in [1.807, 2.05) is 0 Å². The van der Waals surface area contributed by atoms with E-state index in [4.69, 9.17) is 0 Å². The molecule has 0 fully saturated rings. The molecule has 1 aromatic rings. The molecule has 0 heterocycles. The molecule has 0 bridgehead atoms. The second-order valence-electron chi connectivity index (χ2n) is 2.14. The summed E-state index contributed by atoms with van der Waals surface area (Å²) in [5, 5.41) is 1.26. The highest BCUT2D eigenvalue weighted by Gasteiger charge is 2.06. The molecular formula is C8H4BrF2NS. The molecule has 0 aromatic heterocycles. The summed E-state index contributed by atoms with van der Waals surface area (Å²) in [4.78, 5) is 3.70. The molecule has 0 aliphatic heterocycles. The summed E-state index contributed by atoms with van der Waals surface area (Å²) in [6.07, 6.45) is 1.29. The summed E-state index contributed by atoms with van der Waals surface area (Å²) >= 11 is 7.22. The van der Waals surface area contributed by atoms with Crippen LogP contribution in [0.25, 0.3) is 0 Å². The highest BCUT2D eigenvalue weighted by atomic mass is 79.9. The Morgan fingerprint density at radius 2 is 1.85 bits per heavy atom. The highest BCUT2D eigenvalue weighted by molar-refractivity contribution is 9.10. The van der Waals surface area contributed by atoms with Crippen molar-refractivity contribution in [3.63, 3.8) is 0 Å². The number of aliphatic imine (C=N–C) groups is 1. The van der Waals surface area contributed by atoms with Crippen molar-refractivity contribution in [3.05, 3.63) is 28.2 Å². The summed E-state index contributed by atoms with van der Waals surface area (Å²) in [6, 6.07) is 2.23.